The summed E-state index contributed by atoms with van der Waals surface area (Å²) in [6.45, 7) is 3.25. The van der Waals surface area contributed by atoms with Crippen LogP contribution in [0.5, 0.6) is 5.75 Å². The summed E-state index contributed by atoms with van der Waals surface area (Å²) in [6.07, 6.45) is 4.94. The smallest absolute Gasteiger partial charge is 0.254 e. The third kappa shape index (κ3) is 9.25. The van der Waals surface area contributed by atoms with Crippen molar-refractivity contribution in [3.63, 3.8) is 0 Å². The van der Waals surface area contributed by atoms with Crippen molar-refractivity contribution in [1.82, 2.24) is 20.5 Å². The van der Waals surface area contributed by atoms with Crippen molar-refractivity contribution in [2.75, 3.05) is 13.7 Å². The van der Waals surface area contributed by atoms with Crippen molar-refractivity contribution in [1.29, 1.82) is 0 Å². The first-order valence-electron chi connectivity index (χ1n) is 16.1. The number of ether oxygens (including phenoxy) is 1. The number of methoxy groups -OCH3 is 1. The molecule has 8 nitrogen and oxygen atoms in total. The molecular weight excluding hydrogens is 596 g/mol. The molecule has 0 radical (unpaired) electrons. The molecule has 1 aromatic heterocycles. The molecule has 1 aliphatic carbocycles. The van der Waals surface area contributed by atoms with E-state index in [9.17, 15) is 14.7 Å². The van der Waals surface area contributed by atoms with Crippen LogP contribution in [0.1, 0.15) is 74.6 Å². The van der Waals surface area contributed by atoms with Gasteiger partial charge in [-0.05, 0) is 67.6 Å². The monoisotopic (exact) mass is 640 g/mol. The molecule has 0 saturated heterocycles. The second kappa shape index (κ2) is 16.5. The largest absolute Gasteiger partial charge is 0.497 e. The highest BCUT2D eigenvalue weighted by atomic mass is 32.1. The van der Waals surface area contributed by atoms with E-state index >= 15 is 0 Å². The van der Waals surface area contributed by atoms with Gasteiger partial charge in [0.2, 0.25) is 0 Å². The molecule has 3 aromatic carbocycles. The normalized spacial score (nSPS) is 14.8. The summed E-state index contributed by atoms with van der Waals surface area (Å²) >= 11 is 1.57. The van der Waals surface area contributed by atoms with E-state index in [1.54, 1.807) is 42.7 Å². The number of hydrogen-bond acceptors (Lipinski definition) is 7. The molecule has 46 heavy (non-hydrogen) atoms. The molecule has 5 rings (SSSR count). The fraction of sp³-hybridized carbons (Fsp3) is 0.378. The predicted octanol–water partition coefficient (Wildman–Crippen LogP) is 5.93. The van der Waals surface area contributed by atoms with Crippen molar-refractivity contribution >= 4 is 23.2 Å². The molecule has 2 amide bonds. The van der Waals surface area contributed by atoms with Crippen LogP contribution >= 0.6 is 11.3 Å². The van der Waals surface area contributed by atoms with Gasteiger partial charge in [-0.3, -0.25) is 9.59 Å². The van der Waals surface area contributed by atoms with Crippen LogP contribution in [0.25, 0.3) is 0 Å². The molecule has 0 spiro atoms. The Morgan fingerprint density at radius 1 is 0.978 bits per heavy atom. The number of benzene rings is 3. The van der Waals surface area contributed by atoms with Gasteiger partial charge in [0, 0.05) is 41.3 Å². The SMILES string of the molecule is COc1cccc(CNC[C@@H](O)[C@H](Cc2ccccc2)NC(=O)c2cccc(C(=O)N(Cc3nc(C)cs3)C3CCCCC3)c2)c1. The molecule has 3 N–H and O–H groups in total. The Labute approximate surface area is 275 Å². The van der Waals surface area contributed by atoms with Crippen molar-refractivity contribution in [2.45, 2.75) is 76.7 Å². The average molecular weight is 641 g/mol. The number of rotatable bonds is 14. The first-order chi connectivity index (χ1) is 22.4. The zero-order valence-corrected chi connectivity index (χ0v) is 27.5. The van der Waals surface area contributed by atoms with Crippen molar-refractivity contribution < 1.29 is 19.4 Å². The van der Waals surface area contributed by atoms with E-state index in [1.807, 2.05) is 71.8 Å². The van der Waals surface area contributed by atoms with Gasteiger partial charge in [-0.15, -0.1) is 11.3 Å². The lowest BCUT2D eigenvalue weighted by molar-refractivity contribution is 0.0614. The van der Waals surface area contributed by atoms with Gasteiger partial charge >= 0.3 is 0 Å². The quantitative estimate of drug-likeness (QED) is 0.158. The summed E-state index contributed by atoms with van der Waals surface area (Å²) in [5.74, 6) is 0.356. The van der Waals surface area contributed by atoms with Crippen LogP contribution in [-0.4, -0.2) is 58.6 Å². The highest BCUT2D eigenvalue weighted by molar-refractivity contribution is 7.09. The number of aliphatic hydroxyl groups is 1. The zero-order valence-electron chi connectivity index (χ0n) is 26.7. The number of aryl methyl sites for hydroxylation is 1. The van der Waals surface area contributed by atoms with Crippen molar-refractivity contribution in [2.24, 2.45) is 0 Å². The number of nitrogens with zero attached hydrogens (tertiary/aromatic N) is 2. The summed E-state index contributed by atoms with van der Waals surface area (Å²) in [4.78, 5) is 34.2. The van der Waals surface area contributed by atoms with Crippen LogP contribution in [0.4, 0.5) is 0 Å². The van der Waals surface area contributed by atoms with Gasteiger partial charge in [0.1, 0.15) is 10.8 Å². The van der Waals surface area contributed by atoms with Gasteiger partial charge in [-0.1, -0.05) is 67.8 Å². The minimum Gasteiger partial charge on any atom is -0.497 e. The summed E-state index contributed by atoms with van der Waals surface area (Å²) in [7, 11) is 1.63. The maximum atomic E-state index is 14.0. The fourth-order valence-electron chi connectivity index (χ4n) is 6.03. The summed E-state index contributed by atoms with van der Waals surface area (Å²) in [5.41, 5.74) is 3.85. The van der Waals surface area contributed by atoms with E-state index in [4.69, 9.17) is 4.74 Å². The molecule has 1 aliphatic rings. The second-order valence-electron chi connectivity index (χ2n) is 12.0. The van der Waals surface area contributed by atoms with Crippen LogP contribution in [0, 0.1) is 6.92 Å². The Morgan fingerprint density at radius 2 is 1.72 bits per heavy atom. The van der Waals surface area contributed by atoms with Crippen molar-refractivity contribution in [3.05, 3.63) is 117 Å². The predicted molar refractivity (Wildman–Crippen MR) is 182 cm³/mol. The molecule has 9 heteroatoms. The first-order valence-corrected chi connectivity index (χ1v) is 17.0. The number of carbonyl (C=O) groups is 2. The molecular formula is C37H44N4O4S. The standard InChI is InChI=1S/C37H44N4O4S/c1-26-25-46-35(39-26)24-41(31-16-7-4-8-17-31)37(44)30-15-10-14-29(21-30)36(43)40-33(20-27-11-5-3-6-12-27)34(42)23-38-22-28-13-9-18-32(19-28)45-2/h3,5-6,9-15,18-19,21,25,31,33-34,38,42H,4,7-8,16-17,20,22-24H2,1-2H3,(H,40,43)/t33-,34+/m0/s1. The van der Waals surface area contributed by atoms with E-state index in [-0.39, 0.29) is 24.4 Å². The third-order valence-corrected chi connectivity index (χ3v) is 9.47. The van der Waals surface area contributed by atoms with Crippen LogP contribution in [-0.2, 0) is 19.5 Å². The van der Waals surface area contributed by atoms with Crippen molar-refractivity contribution in [3.8, 4) is 5.75 Å². The molecule has 4 aromatic rings. The topological polar surface area (TPSA) is 104 Å². The molecule has 0 bridgehead atoms. The Morgan fingerprint density at radius 3 is 2.46 bits per heavy atom. The summed E-state index contributed by atoms with van der Waals surface area (Å²) in [6, 6.07) is 24.1. The number of amides is 2. The van der Waals surface area contributed by atoms with Crippen LogP contribution in [0.3, 0.4) is 0 Å². The average Bonchev–Trinajstić information content (AvgIpc) is 3.51. The number of aliphatic hydroxyl groups excluding tert-OH is 1. The highest BCUT2D eigenvalue weighted by Gasteiger charge is 2.28. The van der Waals surface area contributed by atoms with E-state index in [0.717, 1.165) is 53.3 Å². The summed E-state index contributed by atoms with van der Waals surface area (Å²) < 4.78 is 5.32. The number of hydrogen-bond donors (Lipinski definition) is 3. The fourth-order valence-corrected chi connectivity index (χ4v) is 6.80. The van der Waals surface area contributed by atoms with E-state index in [0.29, 0.717) is 30.6 Å². The minimum absolute atomic E-state index is 0.0861. The van der Waals surface area contributed by atoms with Crippen LogP contribution < -0.4 is 15.4 Å². The Kier molecular flexibility index (Phi) is 11.9. The maximum absolute atomic E-state index is 14.0. The maximum Gasteiger partial charge on any atom is 0.254 e. The second-order valence-corrected chi connectivity index (χ2v) is 13.0. The summed E-state index contributed by atoms with van der Waals surface area (Å²) in [5, 5.41) is 20.6. The van der Waals surface area contributed by atoms with Gasteiger partial charge in [0.15, 0.2) is 0 Å². The molecule has 0 aliphatic heterocycles. The zero-order chi connectivity index (χ0) is 32.3. The van der Waals surface area contributed by atoms with Gasteiger partial charge < -0.3 is 25.4 Å². The Bertz CT molecular complexity index is 1570. The lowest BCUT2D eigenvalue weighted by Crippen LogP contribution is -2.48. The van der Waals surface area contributed by atoms with E-state index < -0.39 is 12.1 Å². The van der Waals surface area contributed by atoms with Crippen LogP contribution in [0.2, 0.25) is 0 Å². The Hall–Kier alpha value is -4.05. The molecule has 1 saturated carbocycles. The molecule has 1 fully saturated rings. The number of nitrogens with one attached hydrogen (secondary N) is 2. The van der Waals surface area contributed by atoms with E-state index in [1.165, 1.54) is 6.42 Å². The van der Waals surface area contributed by atoms with Crippen LogP contribution in [0.15, 0.2) is 84.2 Å². The number of aromatic nitrogens is 1. The first kappa shape index (κ1) is 33.3. The number of carbonyl (C=O) groups excluding carboxylic acids is 2. The minimum atomic E-state index is -0.858. The third-order valence-electron chi connectivity index (χ3n) is 8.52. The molecule has 0 unspecified atom stereocenters. The van der Waals surface area contributed by atoms with Gasteiger partial charge in [-0.2, -0.15) is 0 Å². The van der Waals surface area contributed by atoms with Gasteiger partial charge in [-0.25, -0.2) is 4.98 Å². The lowest BCUT2D eigenvalue weighted by Gasteiger charge is -2.34. The van der Waals surface area contributed by atoms with Gasteiger partial charge in [0.25, 0.3) is 11.8 Å². The molecule has 2 atom stereocenters. The lowest BCUT2D eigenvalue weighted by atomic mass is 9.93. The van der Waals surface area contributed by atoms with E-state index in [2.05, 4.69) is 15.6 Å². The van der Waals surface area contributed by atoms with Gasteiger partial charge in [0.05, 0.1) is 25.8 Å². The molecule has 1 heterocycles. The Balaban J connectivity index is 1.29. The molecule has 242 valence electrons. The highest BCUT2D eigenvalue weighted by Crippen LogP contribution is 2.27. The number of thiazole rings is 1.